The Labute approximate surface area is 172 Å². The van der Waals surface area contributed by atoms with Gasteiger partial charge in [0.05, 0.1) is 36.6 Å². The minimum Gasteiger partial charge on any atom is -0.462 e. The number of carbonyl (C=O) groups is 2. The number of esters is 1. The lowest BCUT2D eigenvalue weighted by Crippen LogP contribution is -2.37. The quantitative estimate of drug-likeness (QED) is 0.676. The first-order valence-corrected chi connectivity index (χ1v) is 10.1. The van der Waals surface area contributed by atoms with Crippen molar-refractivity contribution in [1.82, 2.24) is 0 Å². The van der Waals surface area contributed by atoms with Crippen molar-refractivity contribution in [3.8, 4) is 0 Å². The third-order valence-corrected chi connectivity index (χ3v) is 5.07. The van der Waals surface area contributed by atoms with Crippen LogP contribution in [0.25, 0.3) is 0 Å². The summed E-state index contributed by atoms with van der Waals surface area (Å²) >= 11 is 3.39. The molecule has 0 unspecified atom stereocenters. The highest BCUT2D eigenvalue weighted by molar-refractivity contribution is 9.10. The van der Waals surface area contributed by atoms with E-state index in [4.69, 9.17) is 9.47 Å². The number of nitrogens with one attached hydrogen (secondary N) is 1. The van der Waals surface area contributed by atoms with Crippen molar-refractivity contribution in [2.75, 3.05) is 43.1 Å². The van der Waals surface area contributed by atoms with E-state index in [-0.39, 0.29) is 11.9 Å². The van der Waals surface area contributed by atoms with E-state index >= 15 is 0 Å². The van der Waals surface area contributed by atoms with Gasteiger partial charge in [-0.1, -0.05) is 19.1 Å². The van der Waals surface area contributed by atoms with Gasteiger partial charge in [0.2, 0.25) is 0 Å². The normalized spacial score (nSPS) is 13.9. The van der Waals surface area contributed by atoms with Gasteiger partial charge in [-0.05, 0) is 52.7 Å². The highest BCUT2D eigenvalue weighted by Gasteiger charge is 2.21. The smallest absolute Gasteiger partial charge is 0.340 e. The zero-order chi connectivity index (χ0) is 19.9. The maximum atomic E-state index is 12.6. The van der Waals surface area contributed by atoms with E-state index < -0.39 is 0 Å². The van der Waals surface area contributed by atoms with E-state index in [0.717, 1.165) is 12.1 Å². The van der Waals surface area contributed by atoms with Crippen LogP contribution in [0.1, 0.15) is 34.1 Å². The molecule has 0 spiro atoms. The molecular formula is C21H23BrN2O4. The molecule has 28 heavy (non-hydrogen) atoms. The van der Waals surface area contributed by atoms with E-state index in [1.54, 1.807) is 24.3 Å². The summed E-state index contributed by atoms with van der Waals surface area (Å²) in [6.07, 6.45) is 0.747. The molecule has 2 aromatic rings. The van der Waals surface area contributed by atoms with Crippen molar-refractivity contribution in [3.63, 3.8) is 0 Å². The van der Waals surface area contributed by atoms with Gasteiger partial charge in [-0.2, -0.15) is 0 Å². The Kier molecular flexibility index (Phi) is 7.06. The molecule has 0 radical (unpaired) electrons. The summed E-state index contributed by atoms with van der Waals surface area (Å²) in [5, 5.41) is 2.86. The van der Waals surface area contributed by atoms with Crippen LogP contribution in [0.5, 0.6) is 0 Å². The SMILES string of the molecule is CCCOC(=O)c1cc(NC(=O)c2ccccc2Br)ccc1N1CCOCC1. The maximum absolute atomic E-state index is 12.6. The monoisotopic (exact) mass is 446 g/mol. The van der Waals surface area contributed by atoms with Gasteiger partial charge in [0.1, 0.15) is 0 Å². The number of carbonyl (C=O) groups excluding carboxylic acids is 2. The fourth-order valence-corrected chi connectivity index (χ4v) is 3.44. The van der Waals surface area contributed by atoms with Crippen molar-refractivity contribution >= 4 is 39.2 Å². The van der Waals surface area contributed by atoms with Crippen molar-refractivity contribution in [3.05, 3.63) is 58.1 Å². The van der Waals surface area contributed by atoms with Crippen molar-refractivity contribution in [2.45, 2.75) is 13.3 Å². The summed E-state index contributed by atoms with van der Waals surface area (Å²) in [6.45, 7) is 4.95. The predicted molar refractivity (Wildman–Crippen MR) is 112 cm³/mol. The second-order valence-corrected chi connectivity index (χ2v) is 7.26. The molecule has 0 atom stereocenters. The first-order valence-electron chi connectivity index (χ1n) is 9.30. The number of morpholine rings is 1. The Balaban J connectivity index is 1.87. The van der Waals surface area contributed by atoms with Crippen LogP contribution < -0.4 is 10.2 Å². The fraction of sp³-hybridized carbons (Fsp3) is 0.333. The summed E-state index contributed by atoms with van der Waals surface area (Å²) in [5.74, 6) is -0.639. The van der Waals surface area contributed by atoms with Crippen LogP contribution in [0.15, 0.2) is 46.9 Å². The third kappa shape index (κ3) is 4.91. The molecule has 0 saturated carbocycles. The van der Waals surface area contributed by atoms with Gasteiger partial charge in [-0.25, -0.2) is 4.79 Å². The molecule has 6 nitrogen and oxygen atoms in total. The topological polar surface area (TPSA) is 67.9 Å². The van der Waals surface area contributed by atoms with Crippen LogP contribution >= 0.6 is 15.9 Å². The minimum absolute atomic E-state index is 0.250. The van der Waals surface area contributed by atoms with E-state index in [0.29, 0.717) is 54.2 Å². The second-order valence-electron chi connectivity index (χ2n) is 6.40. The van der Waals surface area contributed by atoms with Crippen LogP contribution in [0.3, 0.4) is 0 Å². The first-order chi connectivity index (χ1) is 13.6. The molecule has 0 aliphatic carbocycles. The van der Waals surface area contributed by atoms with E-state index in [1.807, 2.05) is 25.1 Å². The standard InChI is InChI=1S/C21H23BrN2O4/c1-2-11-28-21(26)17-14-15(7-8-19(17)24-9-12-27-13-10-24)23-20(25)16-5-3-4-6-18(16)22/h3-8,14H,2,9-13H2,1H3,(H,23,25). The van der Waals surface area contributed by atoms with E-state index in [2.05, 4.69) is 26.1 Å². The molecule has 7 heteroatoms. The van der Waals surface area contributed by atoms with Crippen LogP contribution in [-0.2, 0) is 9.47 Å². The van der Waals surface area contributed by atoms with Gasteiger partial charge >= 0.3 is 5.97 Å². The van der Waals surface area contributed by atoms with Crippen molar-refractivity contribution in [1.29, 1.82) is 0 Å². The van der Waals surface area contributed by atoms with Crippen LogP contribution in [0.2, 0.25) is 0 Å². The number of hydrogen-bond donors (Lipinski definition) is 1. The van der Waals surface area contributed by atoms with Gasteiger partial charge in [0.15, 0.2) is 0 Å². The van der Waals surface area contributed by atoms with Gasteiger partial charge in [-0.15, -0.1) is 0 Å². The number of hydrogen-bond acceptors (Lipinski definition) is 5. The molecule has 0 bridgehead atoms. The molecule has 1 heterocycles. The van der Waals surface area contributed by atoms with Crippen LogP contribution in [0.4, 0.5) is 11.4 Å². The van der Waals surface area contributed by atoms with E-state index in [9.17, 15) is 9.59 Å². The lowest BCUT2D eigenvalue weighted by atomic mass is 10.1. The Morgan fingerprint density at radius 2 is 1.89 bits per heavy atom. The fourth-order valence-electron chi connectivity index (χ4n) is 2.97. The lowest BCUT2D eigenvalue weighted by Gasteiger charge is -2.30. The minimum atomic E-state index is -0.389. The zero-order valence-electron chi connectivity index (χ0n) is 15.7. The molecule has 1 fully saturated rings. The third-order valence-electron chi connectivity index (χ3n) is 4.38. The highest BCUT2D eigenvalue weighted by Crippen LogP contribution is 2.27. The number of rotatable bonds is 6. The summed E-state index contributed by atoms with van der Waals surface area (Å²) in [7, 11) is 0. The van der Waals surface area contributed by atoms with Crippen molar-refractivity contribution in [2.24, 2.45) is 0 Å². The second kappa shape index (κ2) is 9.71. The maximum Gasteiger partial charge on any atom is 0.340 e. The Bertz CT molecular complexity index is 850. The largest absolute Gasteiger partial charge is 0.462 e. The number of ether oxygens (including phenoxy) is 2. The molecule has 1 saturated heterocycles. The Morgan fingerprint density at radius 1 is 1.14 bits per heavy atom. The average Bonchev–Trinajstić information content (AvgIpc) is 2.73. The van der Waals surface area contributed by atoms with Crippen LogP contribution in [0, 0.1) is 0 Å². The molecule has 148 valence electrons. The molecule has 1 amide bonds. The highest BCUT2D eigenvalue weighted by atomic mass is 79.9. The van der Waals surface area contributed by atoms with Gasteiger partial charge in [-0.3, -0.25) is 4.79 Å². The summed E-state index contributed by atoms with van der Waals surface area (Å²) in [4.78, 5) is 27.3. The predicted octanol–water partition coefficient (Wildman–Crippen LogP) is 4.10. The zero-order valence-corrected chi connectivity index (χ0v) is 17.3. The van der Waals surface area contributed by atoms with Crippen molar-refractivity contribution < 1.29 is 19.1 Å². The van der Waals surface area contributed by atoms with Gasteiger partial charge < -0.3 is 19.7 Å². The Morgan fingerprint density at radius 3 is 2.61 bits per heavy atom. The van der Waals surface area contributed by atoms with Crippen LogP contribution in [-0.4, -0.2) is 44.8 Å². The number of nitrogens with zero attached hydrogens (tertiary/aromatic N) is 1. The molecule has 3 rings (SSSR count). The first kappa shape index (κ1) is 20.4. The molecule has 1 aliphatic rings. The molecule has 1 N–H and O–H groups in total. The summed E-state index contributed by atoms with van der Waals surface area (Å²) < 4.78 is 11.5. The molecule has 1 aliphatic heterocycles. The average molecular weight is 447 g/mol. The molecule has 2 aromatic carbocycles. The van der Waals surface area contributed by atoms with Gasteiger partial charge in [0.25, 0.3) is 5.91 Å². The molecular weight excluding hydrogens is 424 g/mol. The number of anilines is 2. The van der Waals surface area contributed by atoms with Gasteiger partial charge in [0, 0.05) is 23.2 Å². The molecule has 0 aromatic heterocycles. The lowest BCUT2D eigenvalue weighted by molar-refractivity contribution is 0.0504. The summed E-state index contributed by atoms with van der Waals surface area (Å²) in [5.41, 5.74) is 2.31. The summed E-state index contributed by atoms with van der Waals surface area (Å²) in [6, 6.07) is 12.5. The number of amides is 1. The Hall–Kier alpha value is -2.38. The number of halogens is 1. The number of benzene rings is 2. The van der Waals surface area contributed by atoms with E-state index in [1.165, 1.54) is 0 Å².